The van der Waals surface area contributed by atoms with E-state index in [4.69, 9.17) is 0 Å². The van der Waals surface area contributed by atoms with Gasteiger partial charge in [0.25, 0.3) is 0 Å². The molecule has 2 aliphatic heterocycles. The largest absolute Gasteiger partial charge is 0.507 e. The average molecular weight is 493 g/mol. The lowest BCUT2D eigenvalue weighted by atomic mass is 9.77. The zero-order valence-corrected chi connectivity index (χ0v) is 21.5. The molecule has 3 heterocycles. The lowest BCUT2D eigenvalue weighted by Crippen LogP contribution is -2.41. The Morgan fingerprint density at radius 1 is 0.919 bits per heavy atom. The maximum absolute atomic E-state index is 10.2. The SMILES string of the molecule is C=C(NC1CCc2c(C(=C)N3CCC4(CCN(c5ccncc5)CC4)C3)cccc21)c1ccccc1O. The van der Waals surface area contributed by atoms with Gasteiger partial charge in [-0.3, -0.25) is 4.98 Å². The van der Waals surface area contributed by atoms with Crippen LogP contribution in [0.15, 0.2) is 80.1 Å². The van der Waals surface area contributed by atoms with E-state index in [1.165, 1.54) is 47.3 Å². The normalized spacial score (nSPS) is 20.2. The van der Waals surface area contributed by atoms with E-state index in [1.807, 2.05) is 30.6 Å². The third-order valence-corrected chi connectivity index (χ3v) is 8.83. The summed E-state index contributed by atoms with van der Waals surface area (Å²) < 4.78 is 0. The number of hydrogen-bond acceptors (Lipinski definition) is 5. The first-order valence-electron chi connectivity index (χ1n) is 13.5. The van der Waals surface area contributed by atoms with Crippen molar-refractivity contribution >= 4 is 17.1 Å². The molecule has 0 saturated carbocycles. The van der Waals surface area contributed by atoms with Crippen molar-refractivity contribution in [3.05, 3.63) is 102 Å². The monoisotopic (exact) mass is 492 g/mol. The smallest absolute Gasteiger partial charge is 0.124 e. The number of piperidine rings is 1. The minimum absolute atomic E-state index is 0.192. The van der Waals surface area contributed by atoms with Gasteiger partial charge in [0.2, 0.25) is 0 Å². The Hall–Kier alpha value is -3.73. The molecule has 0 amide bonds. The van der Waals surface area contributed by atoms with Crippen LogP contribution in [-0.2, 0) is 6.42 Å². The molecule has 5 nitrogen and oxygen atoms in total. The van der Waals surface area contributed by atoms with Gasteiger partial charge in [-0.05, 0) is 72.9 Å². The van der Waals surface area contributed by atoms with E-state index in [2.05, 4.69) is 63.6 Å². The van der Waals surface area contributed by atoms with Crippen molar-refractivity contribution in [1.29, 1.82) is 0 Å². The van der Waals surface area contributed by atoms with Crippen LogP contribution in [0.2, 0.25) is 0 Å². The molecular formula is C32H36N4O. The number of phenolic OH excluding ortho intramolecular Hbond substituents is 1. The maximum Gasteiger partial charge on any atom is 0.124 e. The molecule has 2 aromatic carbocycles. The zero-order valence-electron chi connectivity index (χ0n) is 21.5. The summed E-state index contributed by atoms with van der Waals surface area (Å²) in [7, 11) is 0. The first-order valence-corrected chi connectivity index (χ1v) is 13.5. The summed E-state index contributed by atoms with van der Waals surface area (Å²) >= 11 is 0. The number of pyridine rings is 1. The average Bonchev–Trinajstić information content (AvgIpc) is 3.54. The van der Waals surface area contributed by atoms with Crippen LogP contribution in [-0.4, -0.2) is 41.2 Å². The van der Waals surface area contributed by atoms with Gasteiger partial charge < -0.3 is 20.2 Å². The highest BCUT2D eigenvalue weighted by atomic mass is 16.3. The summed E-state index contributed by atoms with van der Waals surface area (Å²) in [5.41, 5.74) is 8.40. The minimum Gasteiger partial charge on any atom is -0.507 e. The molecule has 0 radical (unpaired) electrons. The molecule has 1 atom stereocenters. The summed E-state index contributed by atoms with van der Waals surface area (Å²) in [6.45, 7) is 13.2. The number of aromatic hydroxyl groups is 1. The predicted molar refractivity (Wildman–Crippen MR) is 151 cm³/mol. The van der Waals surface area contributed by atoms with Crippen LogP contribution in [0.5, 0.6) is 5.75 Å². The van der Waals surface area contributed by atoms with E-state index in [0.717, 1.165) is 50.3 Å². The van der Waals surface area contributed by atoms with E-state index < -0.39 is 0 Å². The van der Waals surface area contributed by atoms with Gasteiger partial charge in [0, 0.05) is 66.8 Å². The first-order chi connectivity index (χ1) is 18.0. The van der Waals surface area contributed by atoms with E-state index in [9.17, 15) is 5.11 Å². The Morgan fingerprint density at radius 2 is 1.65 bits per heavy atom. The molecule has 2 fully saturated rings. The Morgan fingerprint density at radius 3 is 2.43 bits per heavy atom. The standard InChI is InChI=1S/C32H36N4O/c1-23(26-6-3-4-9-31(26)37)34-30-11-10-28-27(7-5-8-29(28)30)24(2)36-21-16-32(22-36)14-19-35(20-15-32)25-12-17-33-18-13-25/h3-9,12-13,17-18,30,34,37H,1-2,10-11,14-16,19-22H2. The molecule has 1 aliphatic carbocycles. The fourth-order valence-electron chi connectivity index (χ4n) is 6.63. The number of para-hydroxylation sites is 1. The highest BCUT2D eigenvalue weighted by Crippen LogP contribution is 2.45. The van der Waals surface area contributed by atoms with Gasteiger partial charge in [0.1, 0.15) is 5.75 Å². The number of nitrogens with one attached hydrogen (secondary N) is 1. The molecule has 6 rings (SSSR count). The van der Waals surface area contributed by atoms with Gasteiger partial charge >= 0.3 is 0 Å². The Balaban J connectivity index is 1.13. The number of fused-ring (bicyclic) bond motifs is 1. The molecule has 3 aromatic rings. The summed E-state index contributed by atoms with van der Waals surface area (Å²) in [6, 6.07) is 18.5. The van der Waals surface area contributed by atoms with Crippen LogP contribution in [0.4, 0.5) is 5.69 Å². The molecule has 2 N–H and O–H groups in total. The number of aromatic nitrogens is 1. The van der Waals surface area contributed by atoms with Crippen molar-refractivity contribution in [1.82, 2.24) is 15.2 Å². The number of hydrogen-bond donors (Lipinski definition) is 2. The highest BCUT2D eigenvalue weighted by Gasteiger charge is 2.41. The number of benzene rings is 2. The maximum atomic E-state index is 10.2. The van der Waals surface area contributed by atoms with E-state index in [1.54, 1.807) is 6.07 Å². The molecule has 1 aromatic heterocycles. The van der Waals surface area contributed by atoms with Crippen molar-refractivity contribution in [3.63, 3.8) is 0 Å². The second-order valence-electron chi connectivity index (χ2n) is 10.9. The van der Waals surface area contributed by atoms with Crippen molar-refractivity contribution in [2.75, 3.05) is 31.1 Å². The Kier molecular flexibility index (Phi) is 6.15. The van der Waals surface area contributed by atoms with Crippen molar-refractivity contribution in [2.24, 2.45) is 5.41 Å². The zero-order chi connectivity index (χ0) is 25.4. The third-order valence-electron chi connectivity index (χ3n) is 8.83. The van der Waals surface area contributed by atoms with Gasteiger partial charge in [-0.25, -0.2) is 0 Å². The second-order valence-corrected chi connectivity index (χ2v) is 10.9. The fourth-order valence-corrected chi connectivity index (χ4v) is 6.63. The quantitative estimate of drug-likeness (QED) is 0.442. The van der Waals surface area contributed by atoms with E-state index in [0.29, 0.717) is 5.41 Å². The molecule has 0 bridgehead atoms. The second kappa shape index (κ2) is 9.62. The minimum atomic E-state index is 0.192. The molecule has 37 heavy (non-hydrogen) atoms. The molecule has 5 heteroatoms. The van der Waals surface area contributed by atoms with Crippen LogP contribution >= 0.6 is 0 Å². The number of phenols is 1. The summed E-state index contributed by atoms with van der Waals surface area (Å²) in [6.07, 6.45) is 9.52. The van der Waals surface area contributed by atoms with Gasteiger partial charge in [-0.2, -0.15) is 0 Å². The molecular weight excluding hydrogens is 456 g/mol. The fraction of sp³-hybridized carbons (Fsp3) is 0.344. The number of anilines is 1. The van der Waals surface area contributed by atoms with Crippen molar-refractivity contribution in [3.8, 4) is 5.75 Å². The molecule has 190 valence electrons. The summed E-state index contributed by atoms with van der Waals surface area (Å²) in [4.78, 5) is 9.21. The van der Waals surface area contributed by atoms with Crippen LogP contribution in [0.1, 0.15) is 54.0 Å². The highest BCUT2D eigenvalue weighted by molar-refractivity contribution is 5.70. The summed E-state index contributed by atoms with van der Waals surface area (Å²) in [5.74, 6) is 0.259. The van der Waals surface area contributed by atoms with Gasteiger partial charge in [0.15, 0.2) is 0 Å². The lowest BCUT2D eigenvalue weighted by Gasteiger charge is -2.40. The lowest BCUT2D eigenvalue weighted by molar-refractivity contribution is 0.231. The first kappa shape index (κ1) is 23.7. The Labute approximate surface area is 220 Å². The molecule has 1 unspecified atom stereocenters. The third kappa shape index (κ3) is 4.48. The number of likely N-dealkylation sites (tertiary alicyclic amines) is 1. The van der Waals surface area contributed by atoms with Gasteiger partial charge in [-0.15, -0.1) is 0 Å². The van der Waals surface area contributed by atoms with Crippen LogP contribution in [0, 0.1) is 5.41 Å². The van der Waals surface area contributed by atoms with Gasteiger partial charge in [0.05, 0.1) is 6.04 Å². The van der Waals surface area contributed by atoms with Crippen LogP contribution < -0.4 is 10.2 Å². The number of nitrogens with zero attached hydrogens (tertiary/aromatic N) is 3. The molecule has 3 aliphatic rings. The predicted octanol–water partition coefficient (Wildman–Crippen LogP) is 6.00. The Bertz CT molecular complexity index is 1310. The van der Waals surface area contributed by atoms with Gasteiger partial charge in [-0.1, -0.05) is 43.5 Å². The number of rotatable bonds is 6. The molecule has 2 saturated heterocycles. The van der Waals surface area contributed by atoms with Crippen molar-refractivity contribution < 1.29 is 5.11 Å². The topological polar surface area (TPSA) is 51.6 Å². The summed E-state index contributed by atoms with van der Waals surface area (Å²) in [5, 5.41) is 13.8. The van der Waals surface area contributed by atoms with E-state index in [-0.39, 0.29) is 11.8 Å². The molecule has 1 spiro atoms. The van der Waals surface area contributed by atoms with Crippen molar-refractivity contribution in [2.45, 2.75) is 38.1 Å². The van der Waals surface area contributed by atoms with Crippen LogP contribution in [0.3, 0.4) is 0 Å². The van der Waals surface area contributed by atoms with Crippen LogP contribution in [0.25, 0.3) is 11.4 Å². The van der Waals surface area contributed by atoms with E-state index >= 15 is 0 Å².